The summed E-state index contributed by atoms with van der Waals surface area (Å²) < 4.78 is 1.74. The third-order valence-electron chi connectivity index (χ3n) is 4.80. The fourth-order valence-corrected chi connectivity index (χ4v) is 3.64. The van der Waals surface area contributed by atoms with Crippen molar-refractivity contribution in [3.63, 3.8) is 0 Å². The van der Waals surface area contributed by atoms with E-state index in [2.05, 4.69) is 30.0 Å². The molecule has 5 heteroatoms. The summed E-state index contributed by atoms with van der Waals surface area (Å²) in [6.45, 7) is 5.98. The van der Waals surface area contributed by atoms with Gasteiger partial charge in [0.2, 0.25) is 0 Å². The molecule has 25 heavy (non-hydrogen) atoms. The number of aromatic nitrogens is 3. The van der Waals surface area contributed by atoms with Crippen molar-refractivity contribution in [1.29, 1.82) is 0 Å². The lowest BCUT2D eigenvalue weighted by molar-refractivity contribution is 0.0661. The number of nitrogens with zero attached hydrogens (tertiary/aromatic N) is 4. The summed E-state index contributed by atoms with van der Waals surface area (Å²) in [6.07, 6.45) is 5.90. The van der Waals surface area contributed by atoms with Crippen LogP contribution >= 0.6 is 0 Å². The molecule has 0 aromatic carbocycles. The van der Waals surface area contributed by atoms with E-state index in [4.69, 9.17) is 0 Å². The lowest BCUT2D eigenvalue weighted by Gasteiger charge is -2.32. The number of carbonyl (C=O) groups is 1. The maximum atomic E-state index is 13.0. The minimum atomic E-state index is 0.107. The van der Waals surface area contributed by atoms with Gasteiger partial charge in [-0.15, -0.1) is 0 Å². The van der Waals surface area contributed by atoms with Crippen molar-refractivity contribution >= 4 is 5.91 Å². The predicted molar refractivity (Wildman–Crippen MR) is 98.3 cm³/mol. The number of pyridine rings is 1. The zero-order valence-electron chi connectivity index (χ0n) is 15.5. The summed E-state index contributed by atoms with van der Waals surface area (Å²) in [5.74, 6) is 1.13. The Morgan fingerprint density at radius 3 is 2.88 bits per heavy atom. The molecule has 3 heterocycles. The SMILES string of the molecule is CC(C)Cc1cc(C(=O)N2CCC[C@H](Cc3ccccn3)C2)n(C)n1. The molecule has 0 unspecified atom stereocenters. The maximum absolute atomic E-state index is 13.0. The number of amides is 1. The normalized spacial score (nSPS) is 17.9. The Balaban J connectivity index is 1.66. The van der Waals surface area contributed by atoms with Crippen LogP contribution in [0.15, 0.2) is 30.5 Å². The van der Waals surface area contributed by atoms with Crippen molar-refractivity contribution in [2.45, 2.75) is 39.5 Å². The van der Waals surface area contributed by atoms with Gasteiger partial charge in [0, 0.05) is 32.0 Å². The Labute approximate surface area is 150 Å². The second kappa shape index (κ2) is 7.81. The molecule has 0 N–H and O–H groups in total. The molecule has 0 bridgehead atoms. The minimum Gasteiger partial charge on any atom is -0.337 e. The standard InChI is InChI=1S/C20H28N4O/c1-15(2)11-18-13-19(23(3)22-18)20(25)24-10-6-7-16(14-24)12-17-8-4-5-9-21-17/h4-5,8-9,13,15-16H,6-7,10-12,14H2,1-3H3/t16-/m1/s1. The van der Waals surface area contributed by atoms with Crippen molar-refractivity contribution in [2.24, 2.45) is 18.9 Å². The summed E-state index contributed by atoms with van der Waals surface area (Å²) in [5, 5.41) is 4.51. The van der Waals surface area contributed by atoms with Gasteiger partial charge in [0.05, 0.1) is 5.69 Å². The van der Waals surface area contributed by atoms with Crippen molar-refractivity contribution in [1.82, 2.24) is 19.7 Å². The zero-order valence-corrected chi connectivity index (χ0v) is 15.5. The number of hydrogen-bond donors (Lipinski definition) is 0. The third-order valence-corrected chi connectivity index (χ3v) is 4.80. The van der Waals surface area contributed by atoms with E-state index in [0.29, 0.717) is 17.5 Å². The fraction of sp³-hybridized carbons (Fsp3) is 0.550. The van der Waals surface area contributed by atoms with Gasteiger partial charge in [-0.3, -0.25) is 14.5 Å². The van der Waals surface area contributed by atoms with Gasteiger partial charge in [0.25, 0.3) is 5.91 Å². The van der Waals surface area contributed by atoms with Crippen LogP contribution in [0, 0.1) is 11.8 Å². The minimum absolute atomic E-state index is 0.107. The van der Waals surface area contributed by atoms with E-state index >= 15 is 0 Å². The van der Waals surface area contributed by atoms with Crippen LogP contribution in [0.5, 0.6) is 0 Å². The third kappa shape index (κ3) is 4.47. The molecule has 2 aromatic heterocycles. The van der Waals surface area contributed by atoms with Crippen molar-refractivity contribution < 1.29 is 4.79 Å². The molecule has 1 saturated heterocycles. The molecule has 2 aromatic rings. The lowest BCUT2D eigenvalue weighted by atomic mass is 9.93. The molecule has 0 radical (unpaired) electrons. The Morgan fingerprint density at radius 1 is 1.32 bits per heavy atom. The van der Waals surface area contributed by atoms with Crippen LogP contribution in [0.4, 0.5) is 0 Å². The zero-order chi connectivity index (χ0) is 17.8. The second-order valence-corrected chi connectivity index (χ2v) is 7.53. The Bertz CT molecular complexity index is 708. The molecule has 3 rings (SSSR count). The lowest BCUT2D eigenvalue weighted by Crippen LogP contribution is -2.41. The summed E-state index contributed by atoms with van der Waals surface area (Å²) in [7, 11) is 1.87. The molecular formula is C20H28N4O. The molecule has 1 atom stereocenters. The number of hydrogen-bond acceptors (Lipinski definition) is 3. The van der Waals surface area contributed by atoms with Crippen LogP contribution in [0.25, 0.3) is 0 Å². The summed E-state index contributed by atoms with van der Waals surface area (Å²) >= 11 is 0. The van der Waals surface area contributed by atoms with E-state index in [9.17, 15) is 4.79 Å². The van der Waals surface area contributed by atoms with Crippen LogP contribution < -0.4 is 0 Å². The number of rotatable bonds is 5. The van der Waals surface area contributed by atoms with Crippen molar-refractivity contribution in [2.75, 3.05) is 13.1 Å². The highest BCUT2D eigenvalue weighted by molar-refractivity contribution is 5.92. The van der Waals surface area contributed by atoms with Crippen molar-refractivity contribution in [3.05, 3.63) is 47.5 Å². The van der Waals surface area contributed by atoms with Crippen LogP contribution in [0.1, 0.15) is 48.6 Å². The van der Waals surface area contributed by atoms with E-state index in [1.807, 2.05) is 36.3 Å². The van der Waals surface area contributed by atoms with E-state index < -0.39 is 0 Å². The first kappa shape index (κ1) is 17.6. The first-order valence-electron chi connectivity index (χ1n) is 9.25. The van der Waals surface area contributed by atoms with Gasteiger partial charge < -0.3 is 4.90 Å². The Hall–Kier alpha value is -2.17. The average Bonchev–Trinajstić information content (AvgIpc) is 2.95. The molecule has 0 aliphatic carbocycles. The number of carbonyl (C=O) groups excluding carboxylic acids is 1. The van der Waals surface area contributed by atoms with Crippen LogP contribution in [0.3, 0.4) is 0 Å². The first-order valence-corrected chi connectivity index (χ1v) is 9.25. The molecule has 1 amide bonds. The largest absolute Gasteiger partial charge is 0.337 e. The van der Waals surface area contributed by atoms with Gasteiger partial charge in [-0.2, -0.15) is 5.10 Å². The van der Waals surface area contributed by atoms with Gasteiger partial charge in [-0.05, 0) is 55.7 Å². The molecule has 1 aliphatic heterocycles. The van der Waals surface area contributed by atoms with Gasteiger partial charge in [0.1, 0.15) is 5.69 Å². The molecular weight excluding hydrogens is 312 g/mol. The van der Waals surface area contributed by atoms with E-state index in [0.717, 1.165) is 50.2 Å². The highest BCUT2D eigenvalue weighted by atomic mass is 16.2. The molecule has 0 spiro atoms. The fourth-order valence-electron chi connectivity index (χ4n) is 3.64. The van der Waals surface area contributed by atoms with Crippen LogP contribution in [0.2, 0.25) is 0 Å². The van der Waals surface area contributed by atoms with Gasteiger partial charge >= 0.3 is 0 Å². The number of likely N-dealkylation sites (tertiary alicyclic amines) is 1. The predicted octanol–water partition coefficient (Wildman–Crippen LogP) is 3.11. The van der Waals surface area contributed by atoms with E-state index in [1.165, 1.54) is 0 Å². The number of aryl methyl sites for hydroxylation is 1. The van der Waals surface area contributed by atoms with Gasteiger partial charge in [0.15, 0.2) is 0 Å². The van der Waals surface area contributed by atoms with Gasteiger partial charge in [-0.25, -0.2) is 0 Å². The van der Waals surface area contributed by atoms with Crippen LogP contribution in [-0.2, 0) is 19.9 Å². The summed E-state index contributed by atoms with van der Waals surface area (Å²) in [6, 6.07) is 8.00. The summed E-state index contributed by atoms with van der Waals surface area (Å²) in [5.41, 5.74) is 2.82. The molecule has 1 fully saturated rings. The Kier molecular flexibility index (Phi) is 5.51. The van der Waals surface area contributed by atoms with Crippen molar-refractivity contribution in [3.8, 4) is 0 Å². The maximum Gasteiger partial charge on any atom is 0.272 e. The van der Waals surface area contributed by atoms with E-state index in [-0.39, 0.29) is 5.91 Å². The monoisotopic (exact) mass is 340 g/mol. The summed E-state index contributed by atoms with van der Waals surface area (Å²) in [4.78, 5) is 19.4. The molecule has 134 valence electrons. The molecule has 1 aliphatic rings. The smallest absolute Gasteiger partial charge is 0.272 e. The average molecular weight is 340 g/mol. The topological polar surface area (TPSA) is 51.0 Å². The quantitative estimate of drug-likeness (QED) is 0.840. The van der Waals surface area contributed by atoms with Gasteiger partial charge in [-0.1, -0.05) is 19.9 Å². The highest BCUT2D eigenvalue weighted by Gasteiger charge is 2.27. The first-order chi connectivity index (χ1) is 12.0. The highest BCUT2D eigenvalue weighted by Crippen LogP contribution is 2.22. The van der Waals surface area contributed by atoms with Crippen LogP contribution in [-0.4, -0.2) is 38.7 Å². The Morgan fingerprint density at radius 2 is 2.16 bits per heavy atom. The number of piperidine rings is 1. The molecule has 0 saturated carbocycles. The van der Waals surface area contributed by atoms with E-state index in [1.54, 1.807) is 4.68 Å². The molecule has 5 nitrogen and oxygen atoms in total. The second-order valence-electron chi connectivity index (χ2n) is 7.53.